The van der Waals surface area contributed by atoms with Crippen LogP contribution in [0, 0.1) is 0 Å². The van der Waals surface area contributed by atoms with Gasteiger partial charge < -0.3 is 15.8 Å². The lowest BCUT2D eigenvalue weighted by Gasteiger charge is -2.25. The Hall–Kier alpha value is -2.82. The average Bonchev–Trinajstić information content (AvgIpc) is 2.55. The van der Waals surface area contributed by atoms with E-state index in [-0.39, 0.29) is 11.8 Å². The number of anilines is 1. The predicted octanol–water partition coefficient (Wildman–Crippen LogP) is 2.68. The van der Waals surface area contributed by atoms with Crippen molar-refractivity contribution in [1.29, 1.82) is 0 Å². The average molecular weight is 310 g/mol. The zero-order valence-electron chi connectivity index (χ0n) is 12.6. The number of primary amides is 1. The molecular formula is C18H18N2O3. The smallest absolute Gasteiger partial charge is 0.248 e. The first-order chi connectivity index (χ1) is 11.1. The second-order valence-corrected chi connectivity index (χ2v) is 5.57. The van der Waals surface area contributed by atoms with E-state index in [9.17, 15) is 9.59 Å². The molecule has 1 unspecified atom stereocenters. The van der Waals surface area contributed by atoms with Crippen LogP contribution in [-0.2, 0) is 4.79 Å². The van der Waals surface area contributed by atoms with Crippen LogP contribution in [0.15, 0.2) is 48.5 Å². The molecule has 23 heavy (non-hydrogen) atoms. The molecule has 0 fully saturated rings. The Morgan fingerprint density at radius 3 is 2.61 bits per heavy atom. The van der Waals surface area contributed by atoms with Crippen molar-refractivity contribution < 1.29 is 14.3 Å². The molecule has 0 bridgehead atoms. The van der Waals surface area contributed by atoms with Gasteiger partial charge in [-0.1, -0.05) is 18.2 Å². The topological polar surface area (TPSA) is 81.4 Å². The first kappa shape index (κ1) is 15.1. The summed E-state index contributed by atoms with van der Waals surface area (Å²) in [6.45, 7) is 0.627. The molecule has 2 amide bonds. The summed E-state index contributed by atoms with van der Waals surface area (Å²) in [5.74, 6) is 0.479. The van der Waals surface area contributed by atoms with Crippen LogP contribution in [-0.4, -0.2) is 18.4 Å². The van der Waals surface area contributed by atoms with Gasteiger partial charge in [0.25, 0.3) is 0 Å². The Labute approximate surface area is 134 Å². The Bertz CT molecular complexity index is 725. The van der Waals surface area contributed by atoms with Crippen LogP contribution in [0.5, 0.6) is 5.75 Å². The van der Waals surface area contributed by atoms with E-state index >= 15 is 0 Å². The molecule has 118 valence electrons. The molecule has 0 radical (unpaired) electrons. The van der Waals surface area contributed by atoms with Crippen molar-refractivity contribution in [3.63, 3.8) is 0 Å². The molecule has 5 nitrogen and oxygen atoms in total. The van der Waals surface area contributed by atoms with Gasteiger partial charge in [-0.15, -0.1) is 0 Å². The molecule has 1 heterocycles. The van der Waals surface area contributed by atoms with Gasteiger partial charge in [-0.05, 0) is 48.2 Å². The van der Waals surface area contributed by atoms with Gasteiger partial charge in [-0.3, -0.25) is 9.59 Å². The number of ether oxygens (including phenoxy) is 1. The number of amides is 2. The molecule has 1 aliphatic heterocycles. The van der Waals surface area contributed by atoms with Gasteiger partial charge in [0.2, 0.25) is 11.8 Å². The van der Waals surface area contributed by atoms with E-state index in [1.807, 2.05) is 24.3 Å². The molecule has 2 aromatic carbocycles. The van der Waals surface area contributed by atoms with Crippen LogP contribution in [0.25, 0.3) is 0 Å². The summed E-state index contributed by atoms with van der Waals surface area (Å²) in [6.07, 6.45) is 1.23. The molecule has 5 heteroatoms. The first-order valence-electron chi connectivity index (χ1n) is 7.55. The highest BCUT2D eigenvalue weighted by atomic mass is 16.5. The highest BCUT2D eigenvalue weighted by Gasteiger charge is 2.23. The maximum atomic E-state index is 12.3. The third-order valence-corrected chi connectivity index (χ3v) is 3.97. The Morgan fingerprint density at radius 1 is 1.13 bits per heavy atom. The lowest BCUT2D eigenvalue weighted by molar-refractivity contribution is -0.116. The van der Waals surface area contributed by atoms with E-state index in [0.717, 1.165) is 17.7 Å². The lowest BCUT2D eigenvalue weighted by Crippen LogP contribution is -2.20. The van der Waals surface area contributed by atoms with Crippen LogP contribution < -0.4 is 15.8 Å². The first-order valence-corrected chi connectivity index (χ1v) is 7.55. The van der Waals surface area contributed by atoms with Gasteiger partial charge in [0.1, 0.15) is 5.75 Å². The van der Waals surface area contributed by atoms with Crippen LogP contribution in [0.2, 0.25) is 0 Å². The van der Waals surface area contributed by atoms with Crippen LogP contribution in [0.1, 0.15) is 34.7 Å². The van der Waals surface area contributed by atoms with Crippen LogP contribution in [0.3, 0.4) is 0 Å². The van der Waals surface area contributed by atoms with Gasteiger partial charge in [0.05, 0.1) is 6.61 Å². The van der Waals surface area contributed by atoms with E-state index in [2.05, 4.69) is 5.32 Å². The Kier molecular flexibility index (Phi) is 4.28. The minimum Gasteiger partial charge on any atom is -0.493 e. The quantitative estimate of drug-likeness (QED) is 0.911. The number of fused-ring (bicyclic) bond motifs is 1. The Morgan fingerprint density at radius 2 is 1.87 bits per heavy atom. The van der Waals surface area contributed by atoms with Crippen molar-refractivity contribution in [2.24, 2.45) is 5.73 Å². The fraction of sp³-hybridized carbons (Fsp3) is 0.222. The summed E-state index contributed by atoms with van der Waals surface area (Å²) in [5, 5.41) is 2.85. The standard InChI is InChI=1S/C18H18N2O3/c19-18(22)12-5-7-14(8-6-12)20-17(21)11-13-9-10-23-16-4-2-1-3-15(13)16/h1-8,13H,9-11H2,(H2,19,22)(H,20,21). The van der Waals surface area contributed by atoms with Crippen LogP contribution in [0.4, 0.5) is 5.69 Å². The summed E-state index contributed by atoms with van der Waals surface area (Å²) >= 11 is 0. The second kappa shape index (κ2) is 6.52. The van der Waals surface area contributed by atoms with Gasteiger partial charge in [-0.2, -0.15) is 0 Å². The van der Waals surface area contributed by atoms with Crippen LogP contribution >= 0.6 is 0 Å². The fourth-order valence-electron chi connectivity index (χ4n) is 2.78. The highest BCUT2D eigenvalue weighted by Crippen LogP contribution is 2.35. The van der Waals surface area contributed by atoms with Gasteiger partial charge in [0, 0.05) is 17.7 Å². The zero-order chi connectivity index (χ0) is 16.2. The lowest BCUT2D eigenvalue weighted by atomic mass is 9.90. The van der Waals surface area contributed by atoms with Crippen molar-refractivity contribution in [3.8, 4) is 5.75 Å². The SMILES string of the molecule is NC(=O)c1ccc(NC(=O)CC2CCOc3ccccc32)cc1. The number of nitrogens with two attached hydrogens (primary N) is 1. The molecule has 2 aromatic rings. The number of rotatable bonds is 4. The van der Waals surface area contributed by atoms with E-state index in [0.29, 0.717) is 24.3 Å². The number of carbonyl (C=O) groups excluding carboxylic acids is 2. The molecule has 0 spiro atoms. The number of carbonyl (C=O) groups is 2. The zero-order valence-corrected chi connectivity index (χ0v) is 12.6. The molecule has 0 saturated heterocycles. The fourth-order valence-corrected chi connectivity index (χ4v) is 2.78. The number of nitrogens with one attached hydrogen (secondary N) is 1. The van der Waals surface area contributed by atoms with E-state index in [4.69, 9.17) is 10.5 Å². The van der Waals surface area contributed by atoms with E-state index < -0.39 is 5.91 Å². The normalized spacial score (nSPS) is 16.1. The summed E-state index contributed by atoms with van der Waals surface area (Å²) in [5.41, 5.74) is 7.35. The van der Waals surface area contributed by atoms with Gasteiger partial charge in [0.15, 0.2) is 0 Å². The molecule has 0 aromatic heterocycles. The summed E-state index contributed by atoms with van der Waals surface area (Å²) < 4.78 is 5.61. The molecule has 0 aliphatic carbocycles. The second-order valence-electron chi connectivity index (χ2n) is 5.57. The molecule has 3 N–H and O–H groups in total. The highest BCUT2D eigenvalue weighted by molar-refractivity contribution is 5.95. The molecule has 0 saturated carbocycles. The monoisotopic (exact) mass is 310 g/mol. The van der Waals surface area contributed by atoms with E-state index in [1.54, 1.807) is 24.3 Å². The van der Waals surface area contributed by atoms with Crippen molar-refractivity contribution >= 4 is 17.5 Å². The number of hydrogen-bond acceptors (Lipinski definition) is 3. The van der Waals surface area contributed by atoms with E-state index in [1.165, 1.54) is 0 Å². The summed E-state index contributed by atoms with van der Waals surface area (Å²) in [4.78, 5) is 23.3. The summed E-state index contributed by atoms with van der Waals surface area (Å²) in [6, 6.07) is 14.4. The maximum Gasteiger partial charge on any atom is 0.248 e. The Balaban J connectivity index is 1.65. The van der Waals surface area contributed by atoms with Crippen molar-refractivity contribution in [2.45, 2.75) is 18.8 Å². The third-order valence-electron chi connectivity index (χ3n) is 3.97. The molecular weight excluding hydrogens is 292 g/mol. The summed E-state index contributed by atoms with van der Waals surface area (Å²) in [7, 11) is 0. The minimum absolute atomic E-state index is 0.0569. The van der Waals surface area contributed by atoms with Crippen molar-refractivity contribution in [3.05, 3.63) is 59.7 Å². The molecule has 1 atom stereocenters. The number of hydrogen-bond donors (Lipinski definition) is 2. The number of para-hydroxylation sites is 1. The maximum absolute atomic E-state index is 12.3. The van der Waals surface area contributed by atoms with Crippen molar-refractivity contribution in [1.82, 2.24) is 0 Å². The minimum atomic E-state index is -0.485. The third kappa shape index (κ3) is 3.51. The molecule has 1 aliphatic rings. The molecule has 3 rings (SSSR count). The van der Waals surface area contributed by atoms with Gasteiger partial charge in [-0.25, -0.2) is 0 Å². The van der Waals surface area contributed by atoms with Crippen molar-refractivity contribution in [2.75, 3.05) is 11.9 Å². The predicted molar refractivity (Wildman–Crippen MR) is 87.5 cm³/mol. The number of benzene rings is 2. The largest absolute Gasteiger partial charge is 0.493 e. The van der Waals surface area contributed by atoms with Gasteiger partial charge >= 0.3 is 0 Å².